The van der Waals surface area contributed by atoms with Gasteiger partial charge in [-0.15, -0.1) is 11.3 Å². The van der Waals surface area contributed by atoms with E-state index >= 15 is 0 Å². The van der Waals surface area contributed by atoms with Gasteiger partial charge in [-0.05, 0) is 60.5 Å². The average molecular weight is 502 g/mol. The van der Waals surface area contributed by atoms with Crippen molar-refractivity contribution in [2.45, 2.75) is 46.5 Å². The molecule has 0 bridgehead atoms. The standard InChI is InChI=1S/C25H31N3O4S2/c1-7-25(2,3)15-8-9-16-17(13-26)23(34-20(16)12-15)28-24(33)27-22(29)14-10-18(30-4)21(32-6)19(11-14)31-5/h10-11,15H,7-9,12H2,1-6H3,(H2,27,28,29,33)/t15-/m0/s1. The van der Waals surface area contributed by atoms with Crippen LogP contribution in [0.1, 0.15) is 60.0 Å². The number of carbonyl (C=O) groups excluding carboxylic acids is 1. The van der Waals surface area contributed by atoms with Crippen molar-refractivity contribution in [1.29, 1.82) is 5.26 Å². The number of thiophene rings is 1. The summed E-state index contributed by atoms with van der Waals surface area (Å²) in [4.78, 5) is 14.1. The largest absolute Gasteiger partial charge is 0.493 e. The van der Waals surface area contributed by atoms with E-state index in [-0.39, 0.29) is 10.5 Å². The SMILES string of the molecule is CCC(C)(C)[C@H]1CCc2c(sc(NC(=S)NC(=O)c3cc(OC)c(OC)c(OC)c3)c2C#N)C1. The van der Waals surface area contributed by atoms with Crippen LogP contribution in [0.25, 0.3) is 0 Å². The van der Waals surface area contributed by atoms with Gasteiger partial charge in [-0.3, -0.25) is 10.1 Å². The van der Waals surface area contributed by atoms with Crippen molar-refractivity contribution in [3.8, 4) is 23.3 Å². The van der Waals surface area contributed by atoms with Crippen LogP contribution in [-0.4, -0.2) is 32.3 Å². The molecule has 0 aliphatic heterocycles. The van der Waals surface area contributed by atoms with E-state index in [1.54, 1.807) is 23.5 Å². The number of thiocarbonyl (C=S) groups is 1. The molecule has 0 fully saturated rings. The van der Waals surface area contributed by atoms with E-state index in [2.05, 4.69) is 37.5 Å². The molecule has 0 unspecified atom stereocenters. The van der Waals surface area contributed by atoms with E-state index in [1.807, 2.05) is 0 Å². The highest BCUT2D eigenvalue weighted by atomic mass is 32.1. The lowest BCUT2D eigenvalue weighted by Gasteiger charge is -2.36. The van der Waals surface area contributed by atoms with Crippen LogP contribution < -0.4 is 24.8 Å². The number of hydrogen-bond acceptors (Lipinski definition) is 7. The highest BCUT2D eigenvalue weighted by molar-refractivity contribution is 7.80. The van der Waals surface area contributed by atoms with Crippen molar-refractivity contribution in [2.75, 3.05) is 26.6 Å². The number of rotatable bonds is 7. The predicted molar refractivity (Wildman–Crippen MR) is 138 cm³/mol. The molecular weight excluding hydrogens is 470 g/mol. The third-order valence-corrected chi connectivity index (χ3v) is 8.15. The van der Waals surface area contributed by atoms with Crippen molar-refractivity contribution in [3.63, 3.8) is 0 Å². The Balaban J connectivity index is 1.77. The van der Waals surface area contributed by atoms with Gasteiger partial charge in [0, 0.05) is 10.4 Å². The Bertz CT molecular complexity index is 1110. The van der Waals surface area contributed by atoms with Gasteiger partial charge in [0.15, 0.2) is 16.6 Å². The van der Waals surface area contributed by atoms with Gasteiger partial charge < -0.3 is 19.5 Å². The molecule has 0 saturated heterocycles. The molecule has 3 rings (SSSR count). The van der Waals surface area contributed by atoms with Crippen LogP contribution >= 0.6 is 23.6 Å². The molecule has 182 valence electrons. The van der Waals surface area contributed by atoms with Gasteiger partial charge in [0.05, 0.1) is 26.9 Å². The molecule has 1 atom stereocenters. The number of anilines is 1. The summed E-state index contributed by atoms with van der Waals surface area (Å²) in [7, 11) is 4.47. The molecule has 2 aromatic rings. The van der Waals surface area contributed by atoms with Crippen LogP contribution in [-0.2, 0) is 12.8 Å². The lowest BCUT2D eigenvalue weighted by molar-refractivity contribution is 0.0977. The van der Waals surface area contributed by atoms with E-state index in [4.69, 9.17) is 26.4 Å². The average Bonchev–Trinajstić information content (AvgIpc) is 3.18. The van der Waals surface area contributed by atoms with E-state index in [0.717, 1.165) is 31.2 Å². The van der Waals surface area contributed by atoms with Gasteiger partial charge in [-0.25, -0.2) is 0 Å². The number of nitrogens with zero attached hydrogens (tertiary/aromatic N) is 1. The van der Waals surface area contributed by atoms with Crippen molar-refractivity contribution >= 4 is 39.6 Å². The second-order valence-electron chi connectivity index (χ2n) is 8.92. The third kappa shape index (κ3) is 5.13. The van der Waals surface area contributed by atoms with Crippen molar-refractivity contribution in [3.05, 3.63) is 33.7 Å². The lowest BCUT2D eigenvalue weighted by Crippen LogP contribution is -2.34. The predicted octanol–water partition coefficient (Wildman–Crippen LogP) is 5.31. The van der Waals surface area contributed by atoms with Gasteiger partial charge in [-0.1, -0.05) is 27.2 Å². The van der Waals surface area contributed by atoms with Gasteiger partial charge in [-0.2, -0.15) is 5.26 Å². The number of carbonyl (C=O) groups is 1. The number of amides is 1. The molecule has 1 heterocycles. The van der Waals surface area contributed by atoms with E-state index < -0.39 is 5.91 Å². The molecule has 1 amide bonds. The fourth-order valence-corrected chi connectivity index (χ4v) is 5.81. The summed E-state index contributed by atoms with van der Waals surface area (Å²) in [6.45, 7) is 6.86. The molecule has 1 aliphatic carbocycles. The first-order chi connectivity index (χ1) is 16.2. The number of nitriles is 1. The number of methoxy groups -OCH3 is 3. The van der Waals surface area contributed by atoms with Crippen LogP contribution in [0.15, 0.2) is 12.1 Å². The maximum atomic E-state index is 12.9. The van der Waals surface area contributed by atoms with Crippen LogP contribution in [0.5, 0.6) is 17.2 Å². The van der Waals surface area contributed by atoms with Crippen molar-refractivity contribution in [2.24, 2.45) is 11.3 Å². The monoisotopic (exact) mass is 501 g/mol. The minimum Gasteiger partial charge on any atom is -0.493 e. The second kappa shape index (κ2) is 10.6. The lowest BCUT2D eigenvalue weighted by atomic mass is 9.69. The molecule has 1 aromatic carbocycles. The highest BCUT2D eigenvalue weighted by Gasteiger charge is 2.34. The zero-order valence-corrected chi connectivity index (χ0v) is 22.1. The van der Waals surface area contributed by atoms with Gasteiger partial charge in [0.2, 0.25) is 5.75 Å². The minimum absolute atomic E-state index is 0.124. The normalized spacial score (nSPS) is 15.0. The van der Waals surface area contributed by atoms with Crippen LogP contribution in [0.3, 0.4) is 0 Å². The number of nitrogens with one attached hydrogen (secondary N) is 2. The summed E-state index contributed by atoms with van der Waals surface area (Å²) in [6.07, 6.45) is 4.03. The summed E-state index contributed by atoms with van der Waals surface area (Å²) >= 11 is 6.96. The molecule has 34 heavy (non-hydrogen) atoms. The maximum Gasteiger partial charge on any atom is 0.257 e. The Morgan fingerprint density at radius 3 is 2.41 bits per heavy atom. The topological polar surface area (TPSA) is 92.6 Å². The van der Waals surface area contributed by atoms with Crippen LogP contribution in [0.2, 0.25) is 0 Å². The van der Waals surface area contributed by atoms with E-state index in [1.165, 1.54) is 26.2 Å². The van der Waals surface area contributed by atoms with Gasteiger partial charge in [0.1, 0.15) is 11.1 Å². The first-order valence-electron chi connectivity index (χ1n) is 11.2. The molecule has 9 heteroatoms. The van der Waals surface area contributed by atoms with Crippen molar-refractivity contribution < 1.29 is 19.0 Å². The summed E-state index contributed by atoms with van der Waals surface area (Å²) in [5.74, 6) is 1.28. The molecule has 1 aromatic heterocycles. The quantitative estimate of drug-likeness (QED) is 0.497. The number of hydrogen-bond donors (Lipinski definition) is 2. The Morgan fingerprint density at radius 1 is 1.24 bits per heavy atom. The summed E-state index contributed by atoms with van der Waals surface area (Å²) < 4.78 is 15.9. The number of ether oxygens (including phenoxy) is 3. The van der Waals surface area contributed by atoms with Crippen LogP contribution in [0.4, 0.5) is 5.00 Å². The molecule has 2 N–H and O–H groups in total. The van der Waals surface area contributed by atoms with Crippen molar-refractivity contribution in [1.82, 2.24) is 5.32 Å². The minimum atomic E-state index is -0.429. The van der Waals surface area contributed by atoms with Gasteiger partial charge in [0.25, 0.3) is 5.91 Å². The fraction of sp³-hybridized carbons (Fsp3) is 0.480. The summed E-state index contributed by atoms with van der Waals surface area (Å²) in [5.41, 5.74) is 2.29. The zero-order chi connectivity index (χ0) is 25.0. The number of fused-ring (bicyclic) bond motifs is 1. The smallest absolute Gasteiger partial charge is 0.257 e. The second-order valence-corrected chi connectivity index (χ2v) is 10.4. The van der Waals surface area contributed by atoms with Gasteiger partial charge >= 0.3 is 0 Å². The molecule has 0 radical (unpaired) electrons. The maximum absolute atomic E-state index is 12.9. The van der Waals surface area contributed by atoms with Crippen LogP contribution in [0, 0.1) is 22.7 Å². The third-order valence-electron chi connectivity index (χ3n) is 6.77. The molecule has 1 aliphatic rings. The Labute approximate surface area is 210 Å². The van der Waals surface area contributed by atoms with E-state index in [0.29, 0.717) is 39.3 Å². The fourth-order valence-electron chi connectivity index (χ4n) is 4.27. The Kier molecular flexibility index (Phi) is 8.05. The number of benzene rings is 1. The van der Waals surface area contributed by atoms with E-state index in [9.17, 15) is 10.1 Å². The summed E-state index contributed by atoms with van der Waals surface area (Å²) in [5, 5.41) is 16.4. The summed E-state index contributed by atoms with van der Waals surface area (Å²) in [6, 6.07) is 5.44. The first kappa shape index (κ1) is 25.8. The molecule has 0 saturated carbocycles. The Morgan fingerprint density at radius 2 is 1.88 bits per heavy atom. The molecular formula is C25H31N3O4S2. The zero-order valence-electron chi connectivity index (χ0n) is 20.5. The first-order valence-corrected chi connectivity index (χ1v) is 12.4. The molecule has 0 spiro atoms. The molecule has 7 nitrogen and oxygen atoms in total. The Hall–Kier alpha value is -2.83. The highest BCUT2D eigenvalue weighted by Crippen LogP contribution is 2.45.